The Labute approximate surface area is 253 Å². The summed E-state index contributed by atoms with van der Waals surface area (Å²) in [4.78, 5) is 34.3. The molecule has 1 saturated heterocycles. The summed E-state index contributed by atoms with van der Waals surface area (Å²) in [6.07, 6.45) is 2.07. The van der Waals surface area contributed by atoms with E-state index in [9.17, 15) is 14.0 Å². The number of benzene rings is 3. The summed E-state index contributed by atoms with van der Waals surface area (Å²) in [6.45, 7) is 4.11. The predicted molar refractivity (Wildman–Crippen MR) is 166 cm³/mol. The van der Waals surface area contributed by atoms with Gasteiger partial charge in [0.2, 0.25) is 11.1 Å². The third kappa shape index (κ3) is 6.39. The fraction of sp³-hybridized carbons (Fsp3) is 0.303. The molecule has 1 aliphatic heterocycles. The molecule has 10 heteroatoms. The number of unbranched alkanes of at least 4 members (excludes halogenated alkanes) is 1. The van der Waals surface area contributed by atoms with Crippen LogP contribution in [0.4, 0.5) is 4.39 Å². The van der Waals surface area contributed by atoms with Gasteiger partial charge >= 0.3 is 0 Å². The lowest BCUT2D eigenvalue weighted by Crippen LogP contribution is -2.55. The Morgan fingerprint density at radius 3 is 2.49 bits per heavy atom. The Balaban J connectivity index is 1.01. The Morgan fingerprint density at radius 2 is 1.70 bits per heavy atom. The van der Waals surface area contributed by atoms with E-state index in [1.807, 2.05) is 42.2 Å². The highest BCUT2D eigenvalue weighted by atomic mass is 32.2. The number of amides is 2. The largest absolute Gasteiger partial charge is 0.339 e. The molecule has 220 valence electrons. The molecule has 0 aliphatic carbocycles. The van der Waals surface area contributed by atoms with Crippen molar-refractivity contribution in [3.05, 3.63) is 95.8 Å². The number of para-hydroxylation sites is 1. The maximum Gasteiger partial charge on any atom is 0.254 e. The second-order valence-corrected chi connectivity index (χ2v) is 11.9. The number of carbonyl (C=O) groups is 2. The molecule has 0 saturated carbocycles. The Hall–Kier alpha value is -4.31. The normalized spacial score (nSPS) is 15.3. The van der Waals surface area contributed by atoms with E-state index >= 15 is 0 Å². The lowest BCUT2D eigenvalue weighted by Gasteiger charge is -2.40. The van der Waals surface area contributed by atoms with E-state index in [1.165, 1.54) is 29.8 Å². The molecule has 43 heavy (non-hydrogen) atoms. The molecule has 6 rings (SSSR count). The zero-order valence-corrected chi connectivity index (χ0v) is 24.8. The van der Waals surface area contributed by atoms with Crippen molar-refractivity contribution in [2.75, 3.05) is 25.4 Å². The van der Waals surface area contributed by atoms with Gasteiger partial charge in [-0.25, -0.2) is 9.37 Å². The SMILES string of the molecule is CC1CN(C(=O)CCCCSc2nnc3c4ccccc4n(Cc4ccccc4)c3n2)CCN1C(=O)c1ccc(F)cc1. The molecular weight excluding hydrogens is 563 g/mol. The number of carbonyl (C=O) groups excluding carboxylic acids is 2. The highest BCUT2D eigenvalue weighted by Gasteiger charge is 2.30. The average molecular weight is 597 g/mol. The molecule has 1 atom stereocenters. The fourth-order valence-corrected chi connectivity index (χ4v) is 6.40. The van der Waals surface area contributed by atoms with Gasteiger partial charge in [-0.05, 0) is 55.7 Å². The van der Waals surface area contributed by atoms with Gasteiger partial charge in [0.1, 0.15) is 11.3 Å². The summed E-state index contributed by atoms with van der Waals surface area (Å²) in [5.74, 6) is 0.393. The summed E-state index contributed by atoms with van der Waals surface area (Å²) in [5, 5.41) is 10.6. The number of rotatable bonds is 9. The van der Waals surface area contributed by atoms with Crippen molar-refractivity contribution in [2.24, 2.45) is 0 Å². The van der Waals surface area contributed by atoms with Gasteiger partial charge in [0, 0.05) is 55.3 Å². The summed E-state index contributed by atoms with van der Waals surface area (Å²) in [5.41, 5.74) is 4.36. The first-order chi connectivity index (χ1) is 21.0. The smallest absolute Gasteiger partial charge is 0.254 e. The first kappa shape index (κ1) is 28.8. The van der Waals surface area contributed by atoms with Crippen LogP contribution in [-0.4, -0.2) is 72.8 Å². The topological polar surface area (TPSA) is 84.2 Å². The van der Waals surface area contributed by atoms with Crippen molar-refractivity contribution in [3.63, 3.8) is 0 Å². The third-order valence-corrected chi connectivity index (χ3v) is 8.81. The summed E-state index contributed by atoms with van der Waals surface area (Å²) < 4.78 is 15.4. The Morgan fingerprint density at radius 1 is 0.930 bits per heavy atom. The lowest BCUT2D eigenvalue weighted by molar-refractivity contribution is -0.133. The first-order valence-corrected chi connectivity index (χ1v) is 15.6. The van der Waals surface area contributed by atoms with Crippen molar-refractivity contribution in [1.82, 2.24) is 29.5 Å². The van der Waals surface area contributed by atoms with Crippen molar-refractivity contribution < 1.29 is 14.0 Å². The average Bonchev–Trinajstić information content (AvgIpc) is 3.34. The molecule has 2 aromatic heterocycles. The molecule has 1 fully saturated rings. The number of hydrogen-bond acceptors (Lipinski definition) is 6. The summed E-state index contributed by atoms with van der Waals surface area (Å²) in [7, 11) is 0. The van der Waals surface area contributed by atoms with Crippen LogP contribution in [-0.2, 0) is 11.3 Å². The van der Waals surface area contributed by atoms with Crippen molar-refractivity contribution in [2.45, 2.75) is 43.9 Å². The summed E-state index contributed by atoms with van der Waals surface area (Å²) >= 11 is 1.56. The van der Waals surface area contributed by atoms with Gasteiger partial charge in [-0.3, -0.25) is 9.59 Å². The van der Waals surface area contributed by atoms with E-state index in [-0.39, 0.29) is 23.7 Å². The maximum atomic E-state index is 13.2. The van der Waals surface area contributed by atoms with Gasteiger partial charge in [0.15, 0.2) is 5.65 Å². The van der Waals surface area contributed by atoms with Crippen LogP contribution in [0.2, 0.25) is 0 Å². The maximum absolute atomic E-state index is 13.2. The van der Waals surface area contributed by atoms with E-state index in [0.717, 1.165) is 40.7 Å². The zero-order chi connectivity index (χ0) is 29.8. The van der Waals surface area contributed by atoms with Gasteiger partial charge < -0.3 is 14.4 Å². The molecule has 0 spiro atoms. The second-order valence-electron chi connectivity index (χ2n) is 10.9. The van der Waals surface area contributed by atoms with E-state index < -0.39 is 0 Å². The Bertz CT molecular complexity index is 1740. The van der Waals surface area contributed by atoms with Crippen LogP contribution in [0.5, 0.6) is 0 Å². The molecule has 0 bridgehead atoms. The van der Waals surface area contributed by atoms with Crippen LogP contribution in [0.25, 0.3) is 22.1 Å². The second kappa shape index (κ2) is 12.9. The minimum absolute atomic E-state index is 0.107. The number of fused-ring (bicyclic) bond motifs is 3. The van der Waals surface area contributed by atoms with Gasteiger partial charge in [-0.2, -0.15) is 0 Å². The number of nitrogens with zero attached hydrogens (tertiary/aromatic N) is 6. The lowest BCUT2D eigenvalue weighted by atomic mass is 10.1. The number of piperazine rings is 1. The summed E-state index contributed by atoms with van der Waals surface area (Å²) in [6, 6.07) is 24.0. The van der Waals surface area contributed by atoms with Crippen LogP contribution in [0.1, 0.15) is 42.1 Å². The number of hydrogen-bond donors (Lipinski definition) is 0. The number of thioether (sulfide) groups is 1. The van der Waals surface area contributed by atoms with Crippen LogP contribution >= 0.6 is 11.8 Å². The number of halogens is 1. The van der Waals surface area contributed by atoms with E-state index in [1.54, 1.807) is 16.7 Å². The molecule has 0 radical (unpaired) electrons. The van der Waals surface area contributed by atoms with E-state index in [4.69, 9.17) is 4.98 Å². The van der Waals surface area contributed by atoms with Gasteiger partial charge in [0.25, 0.3) is 5.91 Å². The van der Waals surface area contributed by atoms with Crippen LogP contribution < -0.4 is 0 Å². The molecule has 5 aromatic rings. The van der Waals surface area contributed by atoms with Gasteiger partial charge in [-0.1, -0.05) is 60.3 Å². The monoisotopic (exact) mass is 596 g/mol. The first-order valence-electron chi connectivity index (χ1n) is 14.6. The highest BCUT2D eigenvalue weighted by Crippen LogP contribution is 2.28. The predicted octanol–water partition coefficient (Wildman–Crippen LogP) is 5.80. The third-order valence-electron chi connectivity index (χ3n) is 7.89. The molecule has 2 amide bonds. The molecule has 0 N–H and O–H groups in total. The Kier molecular flexibility index (Phi) is 8.64. The zero-order valence-electron chi connectivity index (χ0n) is 24.0. The van der Waals surface area contributed by atoms with E-state index in [0.29, 0.717) is 43.3 Å². The van der Waals surface area contributed by atoms with Crippen molar-refractivity contribution >= 4 is 45.6 Å². The highest BCUT2D eigenvalue weighted by molar-refractivity contribution is 7.99. The minimum atomic E-state index is -0.369. The van der Waals surface area contributed by atoms with E-state index in [2.05, 4.69) is 39.0 Å². The molecule has 3 aromatic carbocycles. The molecular formula is C33H33FN6O2S. The standard InChI is InChI=1S/C33H33FN6O2S/c1-23-21-38(18-19-39(23)32(42)25-14-16-26(34)17-15-25)29(41)13-7-8-20-43-33-35-31-30(36-37-33)27-11-5-6-12-28(27)40(31)22-24-9-3-2-4-10-24/h2-6,9-12,14-17,23H,7-8,13,18-22H2,1H3. The minimum Gasteiger partial charge on any atom is -0.339 e. The van der Waals surface area contributed by atoms with Crippen LogP contribution in [0.15, 0.2) is 84.0 Å². The van der Waals surface area contributed by atoms with Gasteiger partial charge in [0.05, 0.1) is 5.52 Å². The fourth-order valence-electron chi connectivity index (χ4n) is 5.62. The van der Waals surface area contributed by atoms with Crippen molar-refractivity contribution in [1.29, 1.82) is 0 Å². The molecule has 1 aliphatic rings. The van der Waals surface area contributed by atoms with Crippen LogP contribution in [0.3, 0.4) is 0 Å². The molecule has 8 nitrogen and oxygen atoms in total. The van der Waals surface area contributed by atoms with Crippen LogP contribution in [0, 0.1) is 5.82 Å². The molecule has 3 heterocycles. The molecule has 1 unspecified atom stereocenters. The van der Waals surface area contributed by atoms with Gasteiger partial charge in [-0.15, -0.1) is 10.2 Å². The number of aromatic nitrogens is 4. The quantitative estimate of drug-likeness (QED) is 0.158. The van der Waals surface area contributed by atoms with Crippen molar-refractivity contribution in [3.8, 4) is 0 Å².